The van der Waals surface area contributed by atoms with Crippen molar-refractivity contribution in [2.45, 2.75) is 18.6 Å². The minimum absolute atomic E-state index is 0.115. The van der Waals surface area contributed by atoms with E-state index in [-0.39, 0.29) is 35.3 Å². The van der Waals surface area contributed by atoms with Crippen molar-refractivity contribution >= 4 is 41.1 Å². The molecule has 4 rings (SSSR count). The van der Waals surface area contributed by atoms with Crippen LogP contribution in [-0.4, -0.2) is 53.7 Å². The molecule has 1 fully saturated rings. The molecule has 1 aromatic heterocycles. The third-order valence-corrected chi connectivity index (χ3v) is 6.07. The Balaban J connectivity index is 1.53. The molecule has 0 saturated carbocycles. The minimum atomic E-state index is -1.21. The molecule has 0 spiro atoms. The van der Waals surface area contributed by atoms with Crippen LogP contribution in [0.4, 0.5) is 20.6 Å². The highest BCUT2D eigenvalue weighted by molar-refractivity contribution is 6.36. The number of nitrogens with one attached hydrogen (secondary N) is 1. The van der Waals surface area contributed by atoms with Crippen molar-refractivity contribution in [2.75, 3.05) is 23.4 Å². The molecule has 2 aromatic carbocycles. The number of hydrogen-bond donors (Lipinski definition) is 2. The first-order valence-electron chi connectivity index (χ1n) is 10.5. The molecule has 0 radical (unpaired) electrons. The lowest BCUT2D eigenvalue weighted by molar-refractivity contribution is -0.119. The summed E-state index contributed by atoms with van der Waals surface area (Å²) in [6, 6.07) is 10.8. The van der Waals surface area contributed by atoms with Gasteiger partial charge in [-0.15, -0.1) is 0 Å². The Bertz CT molecular complexity index is 1250. The first-order chi connectivity index (χ1) is 16.8. The molecular weight excluding hydrogens is 481 g/mol. The van der Waals surface area contributed by atoms with E-state index < -0.39 is 35.9 Å². The molecule has 0 bridgehead atoms. The van der Waals surface area contributed by atoms with E-state index in [1.165, 1.54) is 30.4 Å². The Hall–Kier alpha value is -3.89. The van der Waals surface area contributed by atoms with Crippen molar-refractivity contribution < 1.29 is 33.0 Å². The van der Waals surface area contributed by atoms with E-state index in [0.717, 1.165) is 16.7 Å². The first kappa shape index (κ1) is 24.2. The summed E-state index contributed by atoms with van der Waals surface area (Å²) in [7, 11) is 1.48. The number of likely N-dealkylation sites (tertiary alicyclic amines) is 1. The normalized spacial score (nSPS) is 17.3. The van der Waals surface area contributed by atoms with Gasteiger partial charge in [-0.05, 0) is 29.8 Å². The van der Waals surface area contributed by atoms with Crippen LogP contribution < -0.4 is 9.74 Å². The number of amides is 3. The van der Waals surface area contributed by atoms with Crippen molar-refractivity contribution in [1.82, 2.24) is 4.90 Å². The lowest BCUT2D eigenvalue weighted by atomic mass is 10.0. The smallest absolute Gasteiger partial charge is 0.340 e. The van der Waals surface area contributed by atoms with Crippen LogP contribution in [0.2, 0.25) is 0 Å². The fraction of sp³-hybridized carbons (Fsp3) is 0.208. The maximum atomic E-state index is 14.8. The van der Waals surface area contributed by atoms with Crippen molar-refractivity contribution in [3.63, 3.8) is 0 Å². The quantitative estimate of drug-likeness (QED) is 0.478. The van der Waals surface area contributed by atoms with Gasteiger partial charge in [-0.25, -0.2) is 18.4 Å². The zero-order valence-electron chi connectivity index (χ0n) is 18.5. The number of hydrogen-bond acceptors (Lipinski definition) is 5. The average Bonchev–Trinajstić information content (AvgIpc) is 3.53. The van der Waals surface area contributed by atoms with Gasteiger partial charge in [0, 0.05) is 37.4 Å². The number of anilines is 2. The molecule has 9 nitrogen and oxygen atoms in total. The van der Waals surface area contributed by atoms with E-state index in [4.69, 9.17) is 20.9 Å². The van der Waals surface area contributed by atoms with Crippen molar-refractivity contribution in [3.8, 4) is 11.1 Å². The zero-order valence-corrected chi connectivity index (χ0v) is 19.2. The molecule has 1 saturated heterocycles. The molecule has 2 N–H and O–H groups in total. The molecule has 0 aliphatic carbocycles. The fourth-order valence-electron chi connectivity index (χ4n) is 3.90. The van der Waals surface area contributed by atoms with E-state index in [1.54, 1.807) is 30.3 Å². The Morgan fingerprint density at radius 3 is 2.60 bits per heavy atom. The summed E-state index contributed by atoms with van der Waals surface area (Å²) in [4.78, 5) is 38.7. The number of nitrogens with zero attached hydrogens (tertiary/aromatic N) is 2. The summed E-state index contributed by atoms with van der Waals surface area (Å²) in [6.45, 7) is 0.128. The molecular formula is C24H21ClFN3O6. The number of para-hydroxylation sites is 1. The van der Waals surface area contributed by atoms with Crippen LogP contribution in [0.25, 0.3) is 11.1 Å². The van der Waals surface area contributed by atoms with Gasteiger partial charge in [0.2, 0.25) is 5.91 Å². The number of carboxylic acid groups (broad SMARTS) is 1. The number of halogens is 2. The van der Waals surface area contributed by atoms with Gasteiger partial charge in [-0.2, -0.15) is 0 Å². The largest absolute Gasteiger partial charge is 0.478 e. The summed E-state index contributed by atoms with van der Waals surface area (Å²) in [6.07, 6.45) is 2.05. The second kappa shape index (κ2) is 10.2. The fourth-order valence-corrected chi connectivity index (χ4v) is 4.11. The third kappa shape index (κ3) is 4.98. The van der Waals surface area contributed by atoms with Crippen LogP contribution in [0.15, 0.2) is 65.5 Å². The number of urea groups is 1. The molecule has 2 unspecified atom stereocenters. The van der Waals surface area contributed by atoms with Gasteiger partial charge in [0.1, 0.15) is 23.7 Å². The van der Waals surface area contributed by atoms with Crippen molar-refractivity contribution in [3.05, 3.63) is 72.4 Å². The van der Waals surface area contributed by atoms with Crippen LogP contribution in [0.1, 0.15) is 16.8 Å². The van der Waals surface area contributed by atoms with Gasteiger partial charge in [-0.1, -0.05) is 24.3 Å². The Morgan fingerprint density at radius 1 is 1.20 bits per heavy atom. The van der Waals surface area contributed by atoms with Gasteiger partial charge in [0.25, 0.3) is 0 Å². The monoisotopic (exact) mass is 501 g/mol. The molecule has 2 atom stereocenters. The highest BCUT2D eigenvalue weighted by Gasteiger charge is 2.41. The van der Waals surface area contributed by atoms with Gasteiger partial charge in [0.15, 0.2) is 0 Å². The lowest BCUT2D eigenvalue weighted by Gasteiger charge is -2.27. The summed E-state index contributed by atoms with van der Waals surface area (Å²) >= 11 is 6.24. The van der Waals surface area contributed by atoms with E-state index >= 15 is 0 Å². The van der Waals surface area contributed by atoms with E-state index in [1.807, 2.05) is 0 Å². The molecule has 3 amide bonds. The lowest BCUT2D eigenvalue weighted by Crippen LogP contribution is -2.47. The molecule has 35 heavy (non-hydrogen) atoms. The average molecular weight is 502 g/mol. The highest BCUT2D eigenvalue weighted by atomic mass is 35.5. The Morgan fingerprint density at radius 2 is 1.94 bits per heavy atom. The molecule has 3 aromatic rings. The topological polar surface area (TPSA) is 112 Å². The molecule has 2 heterocycles. The van der Waals surface area contributed by atoms with E-state index in [0.29, 0.717) is 5.69 Å². The predicted molar refractivity (Wildman–Crippen MR) is 126 cm³/mol. The maximum Gasteiger partial charge on any atom is 0.340 e. The SMILES string of the molecule is COC1CC(C(=O)Nc2ccc(-c3cocc3C(=O)O)cc2F)N(C(=O)N(Cl)c2ccccc2)C1. The van der Waals surface area contributed by atoms with Crippen LogP contribution in [0.3, 0.4) is 0 Å². The molecule has 11 heteroatoms. The molecule has 1 aliphatic rings. The van der Waals surface area contributed by atoms with Crippen LogP contribution in [0.5, 0.6) is 0 Å². The summed E-state index contributed by atoms with van der Waals surface area (Å²) < 4.78 is 26.0. The Labute approximate surface area is 204 Å². The van der Waals surface area contributed by atoms with Crippen LogP contribution in [0, 0.1) is 5.82 Å². The standard InChI is InChI=1S/C24H21ClFN3O6/c1-34-16-10-21(28(11-16)24(33)29(25)15-5-3-2-4-6-15)22(30)27-20-8-7-14(9-19(20)26)17-12-35-13-18(17)23(31)32/h2-9,12-13,16,21H,10-11H2,1H3,(H,27,30)(H,31,32). The summed E-state index contributed by atoms with van der Waals surface area (Å²) in [5.41, 5.74) is 0.659. The number of ether oxygens (including phenoxy) is 1. The number of methoxy groups -OCH3 is 1. The molecule has 182 valence electrons. The van der Waals surface area contributed by atoms with Crippen molar-refractivity contribution in [1.29, 1.82) is 0 Å². The zero-order chi connectivity index (χ0) is 25.1. The van der Waals surface area contributed by atoms with Gasteiger partial charge >= 0.3 is 12.0 Å². The van der Waals surface area contributed by atoms with E-state index in [9.17, 15) is 23.9 Å². The van der Waals surface area contributed by atoms with Gasteiger partial charge in [-0.3, -0.25) is 4.79 Å². The van der Waals surface area contributed by atoms with E-state index in [2.05, 4.69) is 5.32 Å². The third-order valence-electron chi connectivity index (χ3n) is 5.73. The van der Waals surface area contributed by atoms with Crippen LogP contribution >= 0.6 is 11.8 Å². The van der Waals surface area contributed by atoms with Gasteiger partial charge < -0.3 is 24.5 Å². The summed E-state index contributed by atoms with van der Waals surface area (Å²) in [5, 5.41) is 11.7. The number of carbonyl (C=O) groups is 3. The van der Waals surface area contributed by atoms with Crippen molar-refractivity contribution in [2.24, 2.45) is 0 Å². The first-order valence-corrected chi connectivity index (χ1v) is 10.9. The minimum Gasteiger partial charge on any atom is -0.478 e. The second-order valence-electron chi connectivity index (χ2n) is 7.85. The number of carbonyl (C=O) groups excluding carboxylic acids is 2. The summed E-state index contributed by atoms with van der Waals surface area (Å²) in [5.74, 6) is -2.61. The number of aromatic carboxylic acids is 1. The second-order valence-corrected chi connectivity index (χ2v) is 8.19. The van der Waals surface area contributed by atoms with Crippen LogP contribution in [-0.2, 0) is 9.53 Å². The number of furan rings is 1. The maximum absolute atomic E-state index is 14.8. The number of benzene rings is 2. The molecule has 1 aliphatic heterocycles. The predicted octanol–water partition coefficient (Wildman–Crippen LogP) is 4.59. The number of carboxylic acids is 1. The number of rotatable bonds is 6. The Kier molecular flexibility index (Phi) is 7.04. The highest BCUT2D eigenvalue weighted by Crippen LogP contribution is 2.30. The van der Waals surface area contributed by atoms with Gasteiger partial charge in [0.05, 0.1) is 23.7 Å².